The van der Waals surface area contributed by atoms with Crippen molar-refractivity contribution >= 4 is 5.78 Å². The van der Waals surface area contributed by atoms with E-state index in [4.69, 9.17) is 0 Å². The molecule has 0 spiro atoms. The van der Waals surface area contributed by atoms with Crippen LogP contribution >= 0.6 is 0 Å². The third kappa shape index (κ3) is 2.50. The van der Waals surface area contributed by atoms with Crippen molar-refractivity contribution in [2.24, 2.45) is 0 Å². The minimum atomic E-state index is -1.65. The summed E-state index contributed by atoms with van der Waals surface area (Å²) in [6.07, 6.45) is 0.0982. The molecule has 0 heterocycles. The Bertz CT molecular complexity index is 392. The minimum absolute atomic E-state index is 0.0686. The molecule has 1 aromatic rings. The standard InChI is InChI=1S/C10H8F4O2/c1-2-5(15)4-16-10-8(13)6(11)3-7(12)9(10)14/h3H,2,4H2,1H3. The Morgan fingerprint density at radius 2 is 1.69 bits per heavy atom. The number of ether oxygens (including phenoxy) is 1. The van der Waals surface area contributed by atoms with Gasteiger partial charge >= 0.3 is 0 Å². The Morgan fingerprint density at radius 1 is 1.19 bits per heavy atom. The van der Waals surface area contributed by atoms with Gasteiger partial charge in [-0.25, -0.2) is 8.78 Å². The van der Waals surface area contributed by atoms with Gasteiger partial charge < -0.3 is 4.74 Å². The second-order valence-corrected chi connectivity index (χ2v) is 2.98. The molecule has 0 saturated heterocycles. The fourth-order valence-corrected chi connectivity index (χ4v) is 0.933. The molecule has 0 fully saturated rings. The Labute approximate surface area is 88.8 Å². The average molecular weight is 236 g/mol. The number of hydrogen-bond acceptors (Lipinski definition) is 2. The number of Topliss-reactive ketones (excluding diaryl/α,β-unsaturated/α-hetero) is 1. The van der Waals surface area contributed by atoms with Gasteiger partial charge in [0.05, 0.1) is 0 Å². The number of ketones is 1. The zero-order chi connectivity index (χ0) is 12.3. The first-order valence-corrected chi connectivity index (χ1v) is 4.44. The van der Waals surface area contributed by atoms with Crippen LogP contribution in [0.25, 0.3) is 0 Å². The maximum atomic E-state index is 13.0. The molecule has 0 saturated carbocycles. The highest BCUT2D eigenvalue weighted by Crippen LogP contribution is 2.26. The summed E-state index contributed by atoms with van der Waals surface area (Å²) in [4.78, 5) is 10.8. The Morgan fingerprint density at radius 3 is 2.12 bits per heavy atom. The topological polar surface area (TPSA) is 26.3 Å². The van der Waals surface area contributed by atoms with Gasteiger partial charge in [0.25, 0.3) is 0 Å². The molecule has 1 rings (SSSR count). The van der Waals surface area contributed by atoms with Crippen molar-refractivity contribution in [2.75, 3.05) is 6.61 Å². The van der Waals surface area contributed by atoms with E-state index in [-0.39, 0.29) is 12.5 Å². The van der Waals surface area contributed by atoms with Crippen LogP contribution in [-0.2, 0) is 4.79 Å². The van der Waals surface area contributed by atoms with Crippen molar-refractivity contribution in [3.05, 3.63) is 29.3 Å². The van der Waals surface area contributed by atoms with Gasteiger partial charge in [-0.3, -0.25) is 4.79 Å². The SMILES string of the molecule is CCC(=O)COc1c(F)c(F)cc(F)c1F. The van der Waals surface area contributed by atoms with Gasteiger partial charge in [0.1, 0.15) is 6.61 Å². The fourth-order valence-electron chi connectivity index (χ4n) is 0.933. The lowest BCUT2D eigenvalue weighted by molar-refractivity contribution is -0.120. The van der Waals surface area contributed by atoms with E-state index >= 15 is 0 Å². The van der Waals surface area contributed by atoms with Crippen molar-refractivity contribution in [1.82, 2.24) is 0 Å². The molecule has 0 aliphatic rings. The van der Waals surface area contributed by atoms with Crippen LogP contribution in [0.1, 0.15) is 13.3 Å². The molecule has 88 valence electrons. The Balaban J connectivity index is 2.99. The van der Waals surface area contributed by atoms with Crippen LogP contribution in [-0.4, -0.2) is 12.4 Å². The van der Waals surface area contributed by atoms with Crippen molar-refractivity contribution in [1.29, 1.82) is 0 Å². The first kappa shape index (κ1) is 12.5. The van der Waals surface area contributed by atoms with Gasteiger partial charge in [0, 0.05) is 12.5 Å². The number of hydrogen-bond donors (Lipinski definition) is 0. The molecule has 2 nitrogen and oxygen atoms in total. The normalized spacial score (nSPS) is 10.3. The number of halogens is 4. The van der Waals surface area contributed by atoms with E-state index in [0.717, 1.165) is 0 Å². The minimum Gasteiger partial charge on any atom is -0.480 e. The summed E-state index contributed by atoms with van der Waals surface area (Å²) in [6, 6.07) is 0.0686. The molecule has 0 aliphatic heterocycles. The highest BCUT2D eigenvalue weighted by molar-refractivity contribution is 5.79. The van der Waals surface area contributed by atoms with E-state index in [1.54, 1.807) is 0 Å². The fraction of sp³-hybridized carbons (Fsp3) is 0.300. The number of benzene rings is 1. The highest BCUT2D eigenvalue weighted by Gasteiger charge is 2.20. The highest BCUT2D eigenvalue weighted by atomic mass is 19.2. The summed E-state index contributed by atoms with van der Waals surface area (Å²) < 4.78 is 55.7. The van der Waals surface area contributed by atoms with E-state index in [1.807, 2.05) is 0 Å². The zero-order valence-corrected chi connectivity index (χ0v) is 8.32. The van der Waals surface area contributed by atoms with Crippen molar-refractivity contribution in [3.63, 3.8) is 0 Å². The molecule has 0 amide bonds. The summed E-state index contributed by atoms with van der Waals surface area (Å²) in [5, 5.41) is 0. The number of carbonyl (C=O) groups is 1. The lowest BCUT2D eigenvalue weighted by atomic mass is 10.3. The second-order valence-electron chi connectivity index (χ2n) is 2.98. The molecule has 6 heteroatoms. The van der Waals surface area contributed by atoms with Crippen LogP contribution in [0.3, 0.4) is 0 Å². The monoisotopic (exact) mass is 236 g/mol. The van der Waals surface area contributed by atoms with E-state index in [0.29, 0.717) is 0 Å². The van der Waals surface area contributed by atoms with E-state index in [2.05, 4.69) is 4.74 Å². The summed E-state index contributed by atoms with van der Waals surface area (Å²) in [5.41, 5.74) is 0. The first-order valence-electron chi connectivity index (χ1n) is 4.44. The van der Waals surface area contributed by atoms with Gasteiger partial charge in [-0.15, -0.1) is 0 Å². The number of rotatable bonds is 4. The molecule has 0 bridgehead atoms. The average Bonchev–Trinajstić information content (AvgIpc) is 2.26. The summed E-state index contributed by atoms with van der Waals surface area (Å²) in [6.45, 7) is 0.887. The van der Waals surface area contributed by atoms with Gasteiger partial charge in [-0.2, -0.15) is 8.78 Å². The van der Waals surface area contributed by atoms with E-state index in [9.17, 15) is 22.4 Å². The third-order valence-electron chi connectivity index (χ3n) is 1.84. The zero-order valence-electron chi connectivity index (χ0n) is 8.32. The molecule has 0 unspecified atom stereocenters. The smallest absolute Gasteiger partial charge is 0.203 e. The van der Waals surface area contributed by atoms with Gasteiger partial charge in [-0.1, -0.05) is 6.92 Å². The van der Waals surface area contributed by atoms with Crippen LogP contribution in [0, 0.1) is 23.3 Å². The molecule has 0 radical (unpaired) electrons. The van der Waals surface area contributed by atoms with E-state index in [1.165, 1.54) is 6.92 Å². The van der Waals surface area contributed by atoms with Crippen molar-refractivity contribution in [2.45, 2.75) is 13.3 Å². The maximum Gasteiger partial charge on any atom is 0.203 e. The third-order valence-corrected chi connectivity index (χ3v) is 1.84. The van der Waals surface area contributed by atoms with Crippen LogP contribution in [0.2, 0.25) is 0 Å². The molecule has 0 N–H and O–H groups in total. The molecule has 1 aromatic carbocycles. The Kier molecular flexibility index (Phi) is 3.87. The molecule has 0 aromatic heterocycles. The van der Waals surface area contributed by atoms with Crippen LogP contribution < -0.4 is 4.74 Å². The van der Waals surface area contributed by atoms with Crippen LogP contribution in [0.4, 0.5) is 17.6 Å². The maximum absolute atomic E-state index is 13.0. The quantitative estimate of drug-likeness (QED) is 0.593. The van der Waals surface area contributed by atoms with Crippen LogP contribution in [0.5, 0.6) is 5.75 Å². The molecular formula is C10H8F4O2. The summed E-state index contributed by atoms with van der Waals surface area (Å²) in [5.74, 6) is -8.09. The Hall–Kier alpha value is -1.59. The largest absolute Gasteiger partial charge is 0.480 e. The molecular weight excluding hydrogens is 228 g/mol. The first-order chi connectivity index (χ1) is 7.47. The molecule has 16 heavy (non-hydrogen) atoms. The van der Waals surface area contributed by atoms with Crippen LogP contribution in [0.15, 0.2) is 6.07 Å². The lowest BCUT2D eigenvalue weighted by Crippen LogP contribution is -2.12. The summed E-state index contributed by atoms with van der Waals surface area (Å²) in [7, 11) is 0. The molecule has 0 aliphatic carbocycles. The summed E-state index contributed by atoms with van der Waals surface area (Å²) >= 11 is 0. The second kappa shape index (κ2) is 4.96. The molecule has 0 atom stereocenters. The predicted octanol–water partition coefficient (Wildman–Crippen LogP) is 2.60. The van der Waals surface area contributed by atoms with Gasteiger partial charge in [-0.05, 0) is 0 Å². The van der Waals surface area contributed by atoms with E-state index < -0.39 is 41.4 Å². The van der Waals surface area contributed by atoms with Gasteiger partial charge in [0.2, 0.25) is 11.6 Å². The van der Waals surface area contributed by atoms with Crippen molar-refractivity contribution < 1.29 is 27.1 Å². The number of carbonyl (C=O) groups excluding carboxylic acids is 1. The van der Waals surface area contributed by atoms with Gasteiger partial charge in [0.15, 0.2) is 23.2 Å². The predicted molar refractivity (Wildman–Crippen MR) is 47.1 cm³/mol. The van der Waals surface area contributed by atoms with Crippen molar-refractivity contribution in [3.8, 4) is 5.75 Å². The lowest BCUT2D eigenvalue weighted by Gasteiger charge is -2.08.